The standard InChI is InChI=1S/C13H25N3O2/c1-5-8-14-12(13(17-3)18-4)7-6-11-9-15-16(2)10-11/h9-10,12-14H,5-8H2,1-4H3. The van der Waals surface area contributed by atoms with Crippen molar-refractivity contribution in [3.63, 3.8) is 0 Å². The van der Waals surface area contributed by atoms with E-state index in [-0.39, 0.29) is 12.3 Å². The SMILES string of the molecule is CCCNC(CCc1cnn(C)c1)C(OC)OC. The van der Waals surface area contributed by atoms with Crippen molar-refractivity contribution in [3.8, 4) is 0 Å². The summed E-state index contributed by atoms with van der Waals surface area (Å²) in [5.41, 5.74) is 1.24. The van der Waals surface area contributed by atoms with Gasteiger partial charge < -0.3 is 14.8 Å². The van der Waals surface area contributed by atoms with Gasteiger partial charge in [-0.15, -0.1) is 0 Å². The number of methoxy groups -OCH3 is 2. The van der Waals surface area contributed by atoms with Crippen molar-refractivity contribution >= 4 is 0 Å². The van der Waals surface area contributed by atoms with Gasteiger partial charge in [0.2, 0.25) is 0 Å². The smallest absolute Gasteiger partial charge is 0.171 e. The Morgan fingerprint density at radius 2 is 2.11 bits per heavy atom. The van der Waals surface area contributed by atoms with Crippen LogP contribution in [0.5, 0.6) is 0 Å². The molecule has 0 aliphatic heterocycles. The third-order valence-corrected chi connectivity index (χ3v) is 2.95. The van der Waals surface area contributed by atoms with Gasteiger partial charge in [0.05, 0.1) is 12.2 Å². The molecule has 0 bridgehead atoms. The molecule has 18 heavy (non-hydrogen) atoms. The number of hydrogen-bond donors (Lipinski definition) is 1. The van der Waals surface area contributed by atoms with Crippen LogP contribution in [0.4, 0.5) is 0 Å². The first kappa shape index (κ1) is 15.1. The van der Waals surface area contributed by atoms with E-state index >= 15 is 0 Å². The van der Waals surface area contributed by atoms with Crippen LogP contribution in [0.2, 0.25) is 0 Å². The van der Waals surface area contributed by atoms with E-state index in [0.717, 1.165) is 25.8 Å². The summed E-state index contributed by atoms with van der Waals surface area (Å²) < 4.78 is 12.5. The van der Waals surface area contributed by atoms with Crippen molar-refractivity contribution in [2.75, 3.05) is 20.8 Å². The number of nitrogens with one attached hydrogen (secondary N) is 1. The molecule has 1 rings (SSSR count). The van der Waals surface area contributed by atoms with E-state index in [9.17, 15) is 0 Å². The molecule has 5 heteroatoms. The van der Waals surface area contributed by atoms with Crippen molar-refractivity contribution in [1.82, 2.24) is 15.1 Å². The van der Waals surface area contributed by atoms with Gasteiger partial charge in [-0.25, -0.2) is 0 Å². The summed E-state index contributed by atoms with van der Waals surface area (Å²) in [4.78, 5) is 0. The van der Waals surface area contributed by atoms with E-state index in [1.807, 2.05) is 24.1 Å². The van der Waals surface area contributed by atoms with Gasteiger partial charge in [-0.2, -0.15) is 5.10 Å². The van der Waals surface area contributed by atoms with Crippen LogP contribution in [0.25, 0.3) is 0 Å². The van der Waals surface area contributed by atoms with E-state index < -0.39 is 0 Å². The second-order valence-electron chi connectivity index (χ2n) is 4.46. The fourth-order valence-electron chi connectivity index (χ4n) is 2.01. The molecule has 0 radical (unpaired) electrons. The normalized spacial score (nSPS) is 13.2. The minimum Gasteiger partial charge on any atom is -0.354 e. The van der Waals surface area contributed by atoms with E-state index in [1.165, 1.54) is 5.56 Å². The molecule has 0 aliphatic carbocycles. The molecular formula is C13H25N3O2. The zero-order valence-electron chi connectivity index (χ0n) is 11.8. The lowest BCUT2D eigenvalue weighted by Crippen LogP contribution is -2.42. The predicted molar refractivity (Wildman–Crippen MR) is 71.4 cm³/mol. The average Bonchev–Trinajstić information content (AvgIpc) is 2.79. The van der Waals surface area contributed by atoms with Crippen LogP contribution in [0.3, 0.4) is 0 Å². The lowest BCUT2D eigenvalue weighted by Gasteiger charge is -2.25. The molecule has 104 valence electrons. The van der Waals surface area contributed by atoms with E-state index in [1.54, 1.807) is 14.2 Å². The second kappa shape index (κ2) is 8.24. The number of hydrogen-bond acceptors (Lipinski definition) is 4. The summed E-state index contributed by atoms with van der Waals surface area (Å²) in [5, 5.41) is 7.65. The van der Waals surface area contributed by atoms with Gasteiger partial charge in [0, 0.05) is 27.5 Å². The van der Waals surface area contributed by atoms with Gasteiger partial charge in [0.25, 0.3) is 0 Å². The maximum Gasteiger partial charge on any atom is 0.171 e. The first-order valence-corrected chi connectivity index (χ1v) is 6.47. The molecule has 0 amide bonds. The Kier molecular flexibility index (Phi) is 6.93. The van der Waals surface area contributed by atoms with Gasteiger partial charge in [-0.3, -0.25) is 4.68 Å². The molecular weight excluding hydrogens is 230 g/mol. The number of rotatable bonds is 9. The predicted octanol–water partition coefficient (Wildman–Crippen LogP) is 1.34. The Hall–Kier alpha value is -0.910. The van der Waals surface area contributed by atoms with E-state index in [0.29, 0.717) is 0 Å². The Morgan fingerprint density at radius 3 is 2.61 bits per heavy atom. The minimum atomic E-state index is -0.201. The molecule has 1 N–H and O–H groups in total. The van der Waals surface area contributed by atoms with Gasteiger partial charge in [-0.05, 0) is 31.4 Å². The third-order valence-electron chi connectivity index (χ3n) is 2.95. The largest absolute Gasteiger partial charge is 0.354 e. The summed E-state index contributed by atoms with van der Waals surface area (Å²) in [6.07, 6.45) is 6.80. The van der Waals surface area contributed by atoms with Crippen LogP contribution in [-0.2, 0) is 22.9 Å². The fourth-order valence-corrected chi connectivity index (χ4v) is 2.01. The summed E-state index contributed by atoms with van der Waals surface area (Å²) >= 11 is 0. The molecule has 0 aliphatic rings. The van der Waals surface area contributed by atoms with E-state index in [2.05, 4.69) is 17.3 Å². The Balaban J connectivity index is 2.49. The van der Waals surface area contributed by atoms with Crippen molar-refractivity contribution < 1.29 is 9.47 Å². The fraction of sp³-hybridized carbons (Fsp3) is 0.769. The molecule has 1 atom stereocenters. The highest BCUT2D eigenvalue weighted by Gasteiger charge is 2.20. The third kappa shape index (κ3) is 4.76. The van der Waals surface area contributed by atoms with Gasteiger partial charge >= 0.3 is 0 Å². The lowest BCUT2D eigenvalue weighted by molar-refractivity contribution is -0.123. The zero-order valence-corrected chi connectivity index (χ0v) is 11.8. The maximum absolute atomic E-state index is 5.35. The lowest BCUT2D eigenvalue weighted by atomic mass is 10.1. The van der Waals surface area contributed by atoms with Crippen LogP contribution in [0.15, 0.2) is 12.4 Å². The van der Waals surface area contributed by atoms with Crippen LogP contribution >= 0.6 is 0 Å². The summed E-state index contributed by atoms with van der Waals surface area (Å²) in [5.74, 6) is 0. The number of aryl methyl sites for hydroxylation is 2. The monoisotopic (exact) mass is 255 g/mol. The number of aromatic nitrogens is 2. The molecule has 0 saturated carbocycles. The number of ether oxygens (including phenoxy) is 2. The molecule has 1 aromatic rings. The summed E-state index contributed by atoms with van der Waals surface area (Å²) in [6.45, 7) is 3.13. The number of nitrogens with zero attached hydrogens (tertiary/aromatic N) is 2. The molecule has 1 aromatic heterocycles. The zero-order chi connectivity index (χ0) is 13.4. The van der Waals surface area contributed by atoms with Crippen molar-refractivity contribution in [2.45, 2.75) is 38.5 Å². The van der Waals surface area contributed by atoms with Crippen molar-refractivity contribution in [3.05, 3.63) is 18.0 Å². The molecule has 1 unspecified atom stereocenters. The molecule has 0 spiro atoms. The molecule has 1 heterocycles. The topological polar surface area (TPSA) is 48.3 Å². The molecule has 0 aromatic carbocycles. The maximum atomic E-state index is 5.35. The highest BCUT2D eigenvalue weighted by Crippen LogP contribution is 2.09. The molecule has 5 nitrogen and oxygen atoms in total. The van der Waals surface area contributed by atoms with Gasteiger partial charge in [-0.1, -0.05) is 6.92 Å². The van der Waals surface area contributed by atoms with Crippen LogP contribution in [0, 0.1) is 0 Å². The molecule has 0 saturated heterocycles. The van der Waals surface area contributed by atoms with Gasteiger partial charge in [0.15, 0.2) is 6.29 Å². The average molecular weight is 255 g/mol. The summed E-state index contributed by atoms with van der Waals surface area (Å²) in [7, 11) is 5.29. The van der Waals surface area contributed by atoms with Gasteiger partial charge in [0.1, 0.15) is 0 Å². The second-order valence-corrected chi connectivity index (χ2v) is 4.46. The highest BCUT2D eigenvalue weighted by atomic mass is 16.7. The van der Waals surface area contributed by atoms with Crippen molar-refractivity contribution in [1.29, 1.82) is 0 Å². The Labute approximate surface area is 109 Å². The Morgan fingerprint density at radius 1 is 1.39 bits per heavy atom. The minimum absolute atomic E-state index is 0.201. The first-order valence-electron chi connectivity index (χ1n) is 6.47. The van der Waals surface area contributed by atoms with Crippen LogP contribution in [0.1, 0.15) is 25.3 Å². The van der Waals surface area contributed by atoms with Crippen LogP contribution in [-0.4, -0.2) is 42.9 Å². The Bertz CT molecular complexity index is 324. The molecule has 0 fully saturated rings. The first-order chi connectivity index (χ1) is 8.71. The van der Waals surface area contributed by atoms with E-state index in [4.69, 9.17) is 9.47 Å². The highest BCUT2D eigenvalue weighted by molar-refractivity contribution is 5.04. The summed E-state index contributed by atoms with van der Waals surface area (Å²) in [6, 6.07) is 0.208. The van der Waals surface area contributed by atoms with Crippen molar-refractivity contribution in [2.24, 2.45) is 7.05 Å². The van der Waals surface area contributed by atoms with Crippen LogP contribution < -0.4 is 5.32 Å². The quantitative estimate of drug-likeness (QED) is 0.677.